The Morgan fingerprint density at radius 3 is 1.95 bits per heavy atom. The zero-order chi connectivity index (χ0) is 30.6. The van der Waals surface area contributed by atoms with Crippen LogP contribution in [0.3, 0.4) is 0 Å². The predicted octanol–water partition coefficient (Wildman–Crippen LogP) is -1.18. The van der Waals surface area contributed by atoms with Gasteiger partial charge in [0.15, 0.2) is 0 Å². The van der Waals surface area contributed by atoms with Gasteiger partial charge in [-0.2, -0.15) is 0 Å². The fraction of sp³-hybridized carbons (Fsp3) is 0.769. The molecule has 0 spiro atoms. The third kappa shape index (κ3) is 16.0. The second kappa shape index (κ2) is 20.7. The Labute approximate surface area is 239 Å². The molecule has 1 aliphatic heterocycles. The van der Waals surface area contributed by atoms with Gasteiger partial charge in [0.2, 0.25) is 29.5 Å². The second-order valence-corrected chi connectivity index (χ2v) is 9.69. The van der Waals surface area contributed by atoms with Gasteiger partial charge in [0.05, 0.1) is 52.9 Å². The summed E-state index contributed by atoms with van der Waals surface area (Å²) in [7, 11) is 0. The molecule has 0 radical (unpaired) electrons. The van der Waals surface area contributed by atoms with Crippen molar-refractivity contribution in [3.8, 4) is 0 Å². The molecule has 1 rings (SSSR count). The molecule has 1 aliphatic rings. The van der Waals surface area contributed by atoms with Crippen molar-refractivity contribution in [1.82, 2.24) is 15.5 Å². The monoisotopic (exact) mass is 588 g/mol. The number of carboxylic acid groups (broad SMARTS) is 1. The van der Waals surface area contributed by atoms with E-state index in [-0.39, 0.29) is 81.4 Å². The van der Waals surface area contributed by atoms with Crippen molar-refractivity contribution < 1.29 is 52.8 Å². The fourth-order valence-electron chi connectivity index (χ4n) is 3.78. The Hall–Kier alpha value is -3.14. The topological polar surface area (TPSA) is 213 Å². The molecule has 0 aromatic heterocycles. The lowest BCUT2D eigenvalue weighted by atomic mass is 9.94. The molecule has 5 amide bonds. The van der Waals surface area contributed by atoms with Crippen LogP contribution >= 0.6 is 0 Å². The number of nitrogens with zero attached hydrogens (tertiary/aromatic N) is 1. The second-order valence-electron chi connectivity index (χ2n) is 9.69. The number of amides is 5. The molecule has 1 unspecified atom stereocenters. The highest BCUT2D eigenvalue weighted by Gasteiger charge is 2.39. The maximum atomic E-state index is 12.3. The van der Waals surface area contributed by atoms with E-state index in [0.717, 1.165) is 0 Å². The molecule has 1 saturated heterocycles. The molecule has 234 valence electrons. The number of carbonyl (C=O) groups excluding carboxylic acids is 5. The third-order valence-electron chi connectivity index (χ3n) is 6.13. The van der Waals surface area contributed by atoms with E-state index in [4.69, 9.17) is 29.8 Å². The summed E-state index contributed by atoms with van der Waals surface area (Å²) in [6, 6.07) is -1.04. The van der Waals surface area contributed by atoms with Crippen molar-refractivity contribution in [3.63, 3.8) is 0 Å². The van der Waals surface area contributed by atoms with Crippen LogP contribution in [0.4, 0.5) is 0 Å². The van der Waals surface area contributed by atoms with E-state index in [9.17, 15) is 28.8 Å². The Bertz CT molecular complexity index is 868. The van der Waals surface area contributed by atoms with Gasteiger partial charge in [0.1, 0.15) is 6.04 Å². The van der Waals surface area contributed by atoms with Gasteiger partial charge in [-0.3, -0.25) is 33.7 Å². The number of hydrogen-bond acceptors (Lipinski definition) is 10. The van der Waals surface area contributed by atoms with Crippen molar-refractivity contribution in [2.75, 3.05) is 65.9 Å². The average molecular weight is 589 g/mol. The molecule has 1 heterocycles. The summed E-state index contributed by atoms with van der Waals surface area (Å²) in [6.07, 6.45) is -0.111. The van der Waals surface area contributed by atoms with Crippen LogP contribution in [-0.2, 0) is 47.7 Å². The molecule has 0 aromatic rings. The van der Waals surface area contributed by atoms with Crippen LogP contribution in [0.1, 0.15) is 46.0 Å². The first-order valence-electron chi connectivity index (χ1n) is 13.7. The highest BCUT2D eigenvalue weighted by atomic mass is 16.6. The molecule has 0 saturated carbocycles. The fourth-order valence-corrected chi connectivity index (χ4v) is 3.78. The number of imide groups is 1. The molecule has 0 aromatic carbocycles. The van der Waals surface area contributed by atoms with E-state index in [0.29, 0.717) is 46.2 Å². The summed E-state index contributed by atoms with van der Waals surface area (Å²) in [5.41, 5.74) is 5.16. The first kappa shape index (κ1) is 35.9. The number of nitrogens with one attached hydrogen (secondary N) is 2. The highest BCUT2D eigenvalue weighted by molar-refractivity contribution is 6.03. The number of primary amides is 1. The average Bonchev–Trinajstić information content (AvgIpc) is 3.20. The molecule has 5 N–H and O–H groups in total. The van der Waals surface area contributed by atoms with E-state index in [2.05, 4.69) is 10.6 Å². The van der Waals surface area contributed by atoms with Gasteiger partial charge in [0, 0.05) is 44.7 Å². The summed E-state index contributed by atoms with van der Waals surface area (Å²) >= 11 is 0. The van der Waals surface area contributed by atoms with Crippen LogP contribution in [0.2, 0.25) is 0 Å². The lowest BCUT2D eigenvalue weighted by Gasteiger charge is -2.16. The lowest BCUT2D eigenvalue weighted by molar-refractivity contribution is -0.140. The summed E-state index contributed by atoms with van der Waals surface area (Å²) < 4.78 is 21.4. The number of rotatable bonds is 24. The number of hydrogen-bond donors (Lipinski definition) is 4. The first-order valence-corrected chi connectivity index (χ1v) is 13.7. The van der Waals surface area contributed by atoms with Crippen LogP contribution in [0, 0.1) is 11.8 Å². The Kier molecular flexibility index (Phi) is 18.1. The van der Waals surface area contributed by atoms with Crippen molar-refractivity contribution in [2.24, 2.45) is 17.6 Å². The standard InChI is InChI=1S/C26H44N4O11/c1-18(2)19-17-23(33)30(26(19)37)8-5-21(31)28-7-10-39-12-14-41-16-15-40-13-11-38-9-6-22(32)29-20(25(27)36)3-4-24(34)35/h18-20H,3-17H2,1-2H3,(H2,27,36)(H,28,31)(H,29,32)(H,34,35)/t19?,20-/m0/s1. The highest BCUT2D eigenvalue weighted by Crippen LogP contribution is 2.26. The minimum absolute atomic E-state index is 0.0108. The van der Waals surface area contributed by atoms with Crippen molar-refractivity contribution in [2.45, 2.75) is 52.0 Å². The van der Waals surface area contributed by atoms with Crippen molar-refractivity contribution in [3.05, 3.63) is 0 Å². The normalized spacial score (nSPS) is 15.8. The van der Waals surface area contributed by atoms with Gasteiger partial charge in [0.25, 0.3) is 0 Å². The van der Waals surface area contributed by atoms with Crippen molar-refractivity contribution in [1.29, 1.82) is 0 Å². The molecule has 41 heavy (non-hydrogen) atoms. The van der Waals surface area contributed by atoms with Crippen LogP contribution in [-0.4, -0.2) is 117 Å². The Morgan fingerprint density at radius 1 is 0.878 bits per heavy atom. The van der Waals surface area contributed by atoms with Gasteiger partial charge < -0.3 is 40.4 Å². The summed E-state index contributed by atoms with van der Waals surface area (Å²) in [6.45, 7) is 6.50. The first-order chi connectivity index (χ1) is 19.5. The Morgan fingerprint density at radius 2 is 1.44 bits per heavy atom. The number of aliphatic carboxylic acids is 1. The minimum Gasteiger partial charge on any atom is -0.481 e. The lowest BCUT2D eigenvalue weighted by Crippen LogP contribution is -2.44. The van der Waals surface area contributed by atoms with Crippen LogP contribution in [0.15, 0.2) is 0 Å². The van der Waals surface area contributed by atoms with Gasteiger partial charge in [-0.25, -0.2) is 0 Å². The van der Waals surface area contributed by atoms with E-state index in [1.165, 1.54) is 4.90 Å². The number of nitrogens with two attached hydrogens (primary N) is 1. The van der Waals surface area contributed by atoms with Crippen LogP contribution in [0.25, 0.3) is 0 Å². The maximum absolute atomic E-state index is 12.3. The zero-order valence-corrected chi connectivity index (χ0v) is 23.9. The quantitative estimate of drug-likeness (QED) is 0.0777. The number of carboxylic acids is 1. The number of carbonyl (C=O) groups is 6. The predicted molar refractivity (Wildman–Crippen MR) is 143 cm³/mol. The smallest absolute Gasteiger partial charge is 0.303 e. The number of likely N-dealkylation sites (tertiary alicyclic amines) is 1. The van der Waals surface area contributed by atoms with Crippen LogP contribution < -0.4 is 16.4 Å². The number of ether oxygens (including phenoxy) is 4. The largest absolute Gasteiger partial charge is 0.481 e. The van der Waals surface area contributed by atoms with E-state index < -0.39 is 23.8 Å². The zero-order valence-electron chi connectivity index (χ0n) is 23.9. The van der Waals surface area contributed by atoms with Gasteiger partial charge >= 0.3 is 5.97 Å². The molecule has 15 nitrogen and oxygen atoms in total. The van der Waals surface area contributed by atoms with Gasteiger partial charge in [-0.05, 0) is 12.3 Å². The van der Waals surface area contributed by atoms with Gasteiger partial charge in [-0.15, -0.1) is 0 Å². The van der Waals surface area contributed by atoms with Crippen molar-refractivity contribution >= 4 is 35.5 Å². The van der Waals surface area contributed by atoms with E-state index in [1.807, 2.05) is 13.8 Å². The molecular formula is C26H44N4O11. The molecule has 2 atom stereocenters. The SMILES string of the molecule is CC(C)C1CC(=O)N(CCC(=O)NCCOCCOCCOCCOCCC(=O)N[C@@H](CCC(=O)O)C(N)=O)C1=O. The maximum Gasteiger partial charge on any atom is 0.303 e. The minimum atomic E-state index is -1.09. The third-order valence-corrected chi connectivity index (χ3v) is 6.13. The van der Waals surface area contributed by atoms with E-state index in [1.54, 1.807) is 0 Å². The van der Waals surface area contributed by atoms with Crippen LogP contribution in [0.5, 0.6) is 0 Å². The molecule has 1 fully saturated rings. The molecular weight excluding hydrogens is 544 g/mol. The molecule has 0 bridgehead atoms. The molecule has 15 heteroatoms. The van der Waals surface area contributed by atoms with Gasteiger partial charge in [-0.1, -0.05) is 13.8 Å². The summed E-state index contributed by atoms with van der Waals surface area (Å²) in [4.78, 5) is 71.1. The summed E-state index contributed by atoms with van der Waals surface area (Å²) in [5, 5.41) is 13.7. The Balaban J connectivity index is 1.91. The summed E-state index contributed by atoms with van der Waals surface area (Å²) in [5.74, 6) is -3.25. The molecule has 0 aliphatic carbocycles. The van der Waals surface area contributed by atoms with E-state index >= 15 is 0 Å².